The van der Waals surface area contributed by atoms with Gasteiger partial charge in [-0.1, -0.05) is 159 Å². The third-order valence-electron chi connectivity index (χ3n) is 12.7. The third-order valence-corrected chi connectivity index (χ3v) is 13.9. The molecular weight excluding hydrogens is 671 g/mol. The Morgan fingerprint density at radius 3 is 1.67 bits per heavy atom. The van der Waals surface area contributed by atoms with Gasteiger partial charge in [-0.2, -0.15) is 0 Å². The van der Waals surface area contributed by atoms with Crippen LogP contribution in [-0.2, 0) is 10.8 Å². The van der Waals surface area contributed by atoms with E-state index in [0.29, 0.717) is 0 Å². The van der Waals surface area contributed by atoms with Crippen molar-refractivity contribution in [3.05, 3.63) is 209 Å². The van der Waals surface area contributed by atoms with Crippen molar-refractivity contribution in [2.24, 2.45) is 0 Å². The fourth-order valence-electron chi connectivity index (χ4n) is 10.5. The van der Waals surface area contributed by atoms with Crippen molar-refractivity contribution in [2.45, 2.75) is 24.7 Å². The van der Waals surface area contributed by atoms with E-state index in [4.69, 9.17) is 0 Å². The van der Waals surface area contributed by atoms with Crippen molar-refractivity contribution >= 4 is 48.6 Å². The highest BCUT2D eigenvalue weighted by Gasteiger charge is 2.52. The Hall–Kier alpha value is -6.22. The fourth-order valence-corrected chi connectivity index (χ4v) is 11.7. The van der Waals surface area contributed by atoms with Crippen LogP contribution in [0.5, 0.6) is 0 Å². The SMILES string of the molecule is CC1(C)c2ccccc2-c2ccc(N(c3cccc4c3-c3ccccc3C43c4ccccc4-c4ccccc43)c3cccc4c3sc3ccccc34)cc21. The number of fused-ring (bicyclic) bond motifs is 16. The maximum atomic E-state index is 2.58. The average Bonchev–Trinajstić information content (AvgIpc) is 3.91. The molecule has 0 atom stereocenters. The molecule has 1 heterocycles. The summed E-state index contributed by atoms with van der Waals surface area (Å²) in [6.07, 6.45) is 0. The second-order valence-corrected chi connectivity index (χ2v) is 16.6. The molecule has 254 valence electrons. The maximum Gasteiger partial charge on any atom is 0.0726 e. The molecule has 2 heteroatoms. The van der Waals surface area contributed by atoms with Crippen molar-refractivity contribution in [1.82, 2.24) is 0 Å². The van der Waals surface area contributed by atoms with Gasteiger partial charge in [0.05, 0.1) is 21.5 Å². The Balaban J connectivity index is 1.19. The number of rotatable bonds is 3. The molecule has 0 N–H and O–H groups in total. The molecule has 1 nitrogen and oxygen atoms in total. The molecule has 0 bridgehead atoms. The Kier molecular flexibility index (Phi) is 5.99. The number of thiophene rings is 1. The normalized spacial score (nSPS) is 14.8. The molecule has 0 amide bonds. The average molecular weight is 706 g/mol. The van der Waals surface area contributed by atoms with Crippen molar-refractivity contribution in [1.29, 1.82) is 0 Å². The lowest BCUT2D eigenvalue weighted by atomic mass is 9.70. The Morgan fingerprint density at radius 1 is 0.407 bits per heavy atom. The summed E-state index contributed by atoms with van der Waals surface area (Å²) in [5.41, 5.74) is 19.2. The minimum absolute atomic E-state index is 0.121. The van der Waals surface area contributed by atoms with E-state index >= 15 is 0 Å². The van der Waals surface area contributed by atoms with E-state index in [0.717, 1.165) is 0 Å². The first-order chi connectivity index (χ1) is 26.6. The van der Waals surface area contributed by atoms with Crippen LogP contribution in [0.4, 0.5) is 17.1 Å². The molecule has 0 saturated heterocycles. The topological polar surface area (TPSA) is 3.24 Å². The van der Waals surface area contributed by atoms with Gasteiger partial charge in [0, 0.05) is 32.1 Å². The van der Waals surface area contributed by atoms with E-state index in [2.05, 4.69) is 195 Å². The van der Waals surface area contributed by atoms with Gasteiger partial charge < -0.3 is 4.90 Å². The van der Waals surface area contributed by atoms with Crippen LogP contribution < -0.4 is 4.90 Å². The second-order valence-electron chi connectivity index (χ2n) is 15.6. The highest BCUT2D eigenvalue weighted by atomic mass is 32.1. The summed E-state index contributed by atoms with van der Waals surface area (Å²) in [6.45, 7) is 4.77. The van der Waals surface area contributed by atoms with Gasteiger partial charge in [-0.3, -0.25) is 0 Å². The first-order valence-corrected chi connectivity index (χ1v) is 19.8. The molecule has 1 spiro atoms. The van der Waals surface area contributed by atoms with Gasteiger partial charge in [-0.05, 0) is 91.5 Å². The van der Waals surface area contributed by atoms with Crippen LogP contribution in [0, 0.1) is 0 Å². The summed E-state index contributed by atoms with van der Waals surface area (Å²) in [7, 11) is 0. The van der Waals surface area contributed by atoms with E-state index < -0.39 is 5.41 Å². The lowest BCUT2D eigenvalue weighted by Gasteiger charge is -2.32. The Bertz CT molecular complexity index is 3010. The number of anilines is 3. The third kappa shape index (κ3) is 3.69. The first-order valence-electron chi connectivity index (χ1n) is 18.9. The van der Waals surface area contributed by atoms with Gasteiger partial charge in [0.25, 0.3) is 0 Å². The summed E-state index contributed by atoms with van der Waals surface area (Å²) in [5.74, 6) is 0. The molecule has 54 heavy (non-hydrogen) atoms. The molecule has 12 rings (SSSR count). The number of nitrogens with zero attached hydrogens (tertiary/aromatic N) is 1. The molecular formula is C52H35NS. The van der Waals surface area contributed by atoms with Crippen LogP contribution in [0.25, 0.3) is 53.6 Å². The predicted molar refractivity (Wildman–Crippen MR) is 228 cm³/mol. The zero-order chi connectivity index (χ0) is 35.8. The largest absolute Gasteiger partial charge is 0.308 e. The van der Waals surface area contributed by atoms with E-state index in [1.54, 1.807) is 0 Å². The lowest BCUT2D eigenvalue weighted by molar-refractivity contribution is 0.660. The summed E-state index contributed by atoms with van der Waals surface area (Å²) in [6, 6.07) is 66.3. The molecule has 3 aliphatic rings. The van der Waals surface area contributed by atoms with Crippen molar-refractivity contribution in [2.75, 3.05) is 4.90 Å². The van der Waals surface area contributed by atoms with Crippen LogP contribution in [0.15, 0.2) is 176 Å². The quantitative estimate of drug-likeness (QED) is 0.177. The van der Waals surface area contributed by atoms with E-state index in [9.17, 15) is 0 Å². The second kappa shape index (κ2) is 10.7. The molecule has 1 aromatic heterocycles. The Labute approximate surface area is 319 Å². The fraction of sp³-hybridized carbons (Fsp3) is 0.0769. The van der Waals surface area contributed by atoms with Crippen molar-refractivity contribution in [3.63, 3.8) is 0 Å². The van der Waals surface area contributed by atoms with Gasteiger partial charge in [-0.25, -0.2) is 0 Å². The van der Waals surface area contributed by atoms with Crippen molar-refractivity contribution < 1.29 is 0 Å². The number of hydrogen-bond donors (Lipinski definition) is 0. The van der Waals surface area contributed by atoms with E-state index in [1.807, 2.05) is 11.3 Å². The van der Waals surface area contributed by atoms with Crippen LogP contribution in [0.1, 0.15) is 47.2 Å². The summed E-state index contributed by atoms with van der Waals surface area (Å²) in [5, 5.41) is 2.61. The summed E-state index contributed by atoms with van der Waals surface area (Å²) in [4.78, 5) is 2.58. The standard InChI is InChI=1S/C52H35NS/c1-51(2)40-21-8-3-15-33(40)36-30-29-32(31-45(36)51)53(47-27-13-20-38-37-18-7-12-28-48(37)54-50(38)47)46-26-14-25-44-49(46)39-19-6-11-24-43(39)52(44)41-22-9-4-16-34(41)35-17-5-10-23-42(35)52/h3-31H,1-2H3. The molecule has 0 saturated carbocycles. The van der Waals surface area contributed by atoms with Gasteiger partial charge in [0.15, 0.2) is 0 Å². The maximum absolute atomic E-state index is 2.58. The zero-order valence-corrected chi connectivity index (χ0v) is 30.9. The summed E-state index contributed by atoms with van der Waals surface area (Å²) < 4.78 is 2.61. The molecule has 3 aliphatic carbocycles. The van der Waals surface area contributed by atoms with Gasteiger partial charge in [-0.15, -0.1) is 11.3 Å². The molecule has 0 radical (unpaired) electrons. The minimum atomic E-state index is -0.411. The van der Waals surface area contributed by atoms with Crippen LogP contribution in [-0.4, -0.2) is 0 Å². The monoisotopic (exact) mass is 705 g/mol. The minimum Gasteiger partial charge on any atom is -0.308 e. The van der Waals surface area contributed by atoms with E-state index in [-0.39, 0.29) is 5.41 Å². The molecule has 8 aromatic carbocycles. The lowest BCUT2D eigenvalue weighted by Crippen LogP contribution is -2.26. The van der Waals surface area contributed by atoms with Crippen molar-refractivity contribution in [3.8, 4) is 33.4 Å². The van der Waals surface area contributed by atoms with Gasteiger partial charge >= 0.3 is 0 Å². The highest BCUT2D eigenvalue weighted by Crippen LogP contribution is 2.65. The molecule has 0 aliphatic heterocycles. The van der Waals surface area contributed by atoms with Crippen LogP contribution in [0.3, 0.4) is 0 Å². The predicted octanol–water partition coefficient (Wildman–Crippen LogP) is 14.2. The molecule has 9 aromatic rings. The summed E-state index contributed by atoms with van der Waals surface area (Å²) >= 11 is 1.90. The number of benzene rings is 8. The van der Waals surface area contributed by atoms with Gasteiger partial charge in [0.1, 0.15) is 0 Å². The van der Waals surface area contributed by atoms with E-state index in [1.165, 1.54) is 104 Å². The van der Waals surface area contributed by atoms with Crippen LogP contribution in [0.2, 0.25) is 0 Å². The molecule has 0 fully saturated rings. The highest BCUT2D eigenvalue weighted by molar-refractivity contribution is 7.26. The smallest absolute Gasteiger partial charge is 0.0726 e. The Morgan fingerprint density at radius 2 is 0.926 bits per heavy atom. The van der Waals surface area contributed by atoms with Gasteiger partial charge in [0.2, 0.25) is 0 Å². The first kappa shape index (κ1) is 30.3. The zero-order valence-electron chi connectivity index (χ0n) is 30.1. The molecule has 0 unspecified atom stereocenters. The van der Waals surface area contributed by atoms with Crippen LogP contribution >= 0.6 is 11.3 Å². The number of hydrogen-bond acceptors (Lipinski definition) is 2.